The monoisotopic (exact) mass is 548 g/mol. The molecule has 3 heterocycles. The van der Waals surface area contributed by atoms with Crippen molar-refractivity contribution < 1.29 is 33.7 Å². The van der Waals surface area contributed by atoms with Gasteiger partial charge in [-0.3, -0.25) is 14.5 Å². The van der Waals surface area contributed by atoms with Gasteiger partial charge in [0, 0.05) is 5.56 Å². The Labute approximate surface area is 229 Å². The highest BCUT2D eigenvalue weighted by Gasteiger charge is 2.48. The molecule has 0 unspecified atom stereocenters. The SMILES string of the molecule is CCOC(=O)c1sc(N2C(=O)C(=O)/C(=C(/O)c3ccc4c(c3)OCCO4)[C@H]2c2ccc(C(C)C)cc2)nc1C. The van der Waals surface area contributed by atoms with Gasteiger partial charge in [0.15, 0.2) is 16.6 Å². The number of carbonyl (C=O) groups is 3. The van der Waals surface area contributed by atoms with E-state index in [-0.39, 0.29) is 33.9 Å². The third kappa shape index (κ3) is 4.76. The third-order valence-corrected chi connectivity index (χ3v) is 7.77. The Hall–Kier alpha value is -4.18. The Balaban J connectivity index is 1.66. The minimum absolute atomic E-state index is 0.0838. The molecule has 2 aromatic carbocycles. The lowest BCUT2D eigenvalue weighted by molar-refractivity contribution is -0.132. The Bertz CT molecular complexity index is 1490. The number of benzene rings is 2. The van der Waals surface area contributed by atoms with Gasteiger partial charge in [-0.05, 0) is 49.1 Å². The number of nitrogens with zero attached hydrogens (tertiary/aromatic N) is 2. The molecule has 3 aromatic rings. The summed E-state index contributed by atoms with van der Waals surface area (Å²) >= 11 is 0.972. The second kappa shape index (κ2) is 10.5. The maximum atomic E-state index is 13.5. The summed E-state index contributed by atoms with van der Waals surface area (Å²) in [5.74, 6) is -1.36. The van der Waals surface area contributed by atoms with Crippen molar-refractivity contribution >= 4 is 39.9 Å². The fourth-order valence-corrected chi connectivity index (χ4v) is 5.61. The zero-order valence-corrected chi connectivity index (χ0v) is 22.8. The van der Waals surface area contributed by atoms with Crippen LogP contribution in [0.4, 0.5) is 5.13 Å². The number of Topliss-reactive ketones (excluding diaryl/α,β-unsaturated/α-hetero) is 1. The molecule has 1 amide bonds. The number of fused-ring (bicyclic) bond motifs is 1. The van der Waals surface area contributed by atoms with Gasteiger partial charge in [-0.25, -0.2) is 9.78 Å². The lowest BCUT2D eigenvalue weighted by atomic mass is 9.93. The molecule has 1 saturated heterocycles. The molecule has 1 fully saturated rings. The van der Waals surface area contributed by atoms with Crippen LogP contribution in [0.15, 0.2) is 48.0 Å². The number of carbonyl (C=O) groups excluding carboxylic acids is 3. The topological polar surface area (TPSA) is 115 Å². The van der Waals surface area contributed by atoms with Crippen LogP contribution >= 0.6 is 11.3 Å². The molecule has 2 aliphatic rings. The predicted octanol–water partition coefficient (Wildman–Crippen LogP) is 5.15. The van der Waals surface area contributed by atoms with Crippen molar-refractivity contribution in [3.05, 3.63) is 75.3 Å². The summed E-state index contributed by atoms with van der Waals surface area (Å²) in [5, 5.41) is 11.6. The Morgan fingerprint density at radius 2 is 1.82 bits per heavy atom. The summed E-state index contributed by atoms with van der Waals surface area (Å²) in [5.41, 5.74) is 2.31. The lowest BCUT2D eigenvalue weighted by Gasteiger charge is -2.24. The van der Waals surface area contributed by atoms with Crippen molar-refractivity contribution in [2.24, 2.45) is 0 Å². The van der Waals surface area contributed by atoms with Gasteiger partial charge in [-0.2, -0.15) is 0 Å². The summed E-state index contributed by atoms with van der Waals surface area (Å²) in [4.78, 5) is 45.4. The largest absolute Gasteiger partial charge is 0.507 e. The lowest BCUT2D eigenvalue weighted by Crippen LogP contribution is -2.29. The first kappa shape index (κ1) is 26.4. The second-order valence-corrected chi connectivity index (χ2v) is 10.5. The van der Waals surface area contributed by atoms with Crippen molar-refractivity contribution in [3.63, 3.8) is 0 Å². The van der Waals surface area contributed by atoms with E-state index in [9.17, 15) is 19.5 Å². The molecule has 5 rings (SSSR count). The number of esters is 1. The van der Waals surface area contributed by atoms with Crippen LogP contribution in [0, 0.1) is 6.92 Å². The number of aromatic nitrogens is 1. The number of ketones is 1. The molecule has 1 aromatic heterocycles. The number of rotatable bonds is 6. The van der Waals surface area contributed by atoms with Gasteiger partial charge in [0.1, 0.15) is 23.9 Å². The van der Waals surface area contributed by atoms with Crippen molar-refractivity contribution in [2.75, 3.05) is 24.7 Å². The normalized spacial score (nSPS) is 18.1. The van der Waals surface area contributed by atoms with Crippen molar-refractivity contribution in [3.8, 4) is 11.5 Å². The minimum Gasteiger partial charge on any atom is -0.507 e. The average Bonchev–Trinajstić information content (AvgIpc) is 3.44. The Morgan fingerprint density at radius 1 is 1.13 bits per heavy atom. The molecule has 2 aliphatic heterocycles. The molecule has 0 spiro atoms. The third-order valence-electron chi connectivity index (χ3n) is 6.63. The molecule has 10 heteroatoms. The van der Waals surface area contributed by atoms with Crippen LogP contribution in [0.5, 0.6) is 11.5 Å². The summed E-state index contributed by atoms with van der Waals surface area (Å²) in [6.45, 7) is 8.44. The van der Waals surface area contributed by atoms with Crippen LogP contribution in [0.25, 0.3) is 5.76 Å². The van der Waals surface area contributed by atoms with Crippen LogP contribution in [0.3, 0.4) is 0 Å². The summed E-state index contributed by atoms with van der Waals surface area (Å²) in [7, 11) is 0. The number of aliphatic hydroxyl groups excluding tert-OH is 1. The van der Waals surface area contributed by atoms with Crippen molar-refractivity contribution in [2.45, 2.75) is 39.7 Å². The first-order valence-corrected chi connectivity index (χ1v) is 13.5. The highest BCUT2D eigenvalue weighted by Crippen LogP contribution is 2.45. The van der Waals surface area contributed by atoms with Gasteiger partial charge < -0.3 is 19.3 Å². The highest BCUT2D eigenvalue weighted by atomic mass is 32.1. The summed E-state index contributed by atoms with van der Waals surface area (Å²) in [6.07, 6.45) is 0. The number of hydrogen-bond donors (Lipinski definition) is 1. The van der Waals surface area contributed by atoms with Gasteiger partial charge in [-0.1, -0.05) is 49.4 Å². The van der Waals surface area contributed by atoms with E-state index in [0.717, 1.165) is 16.9 Å². The fraction of sp³-hybridized carbons (Fsp3) is 0.310. The van der Waals surface area contributed by atoms with Crippen LogP contribution in [0.2, 0.25) is 0 Å². The van der Waals surface area contributed by atoms with E-state index in [1.165, 1.54) is 4.90 Å². The molecule has 1 N–H and O–H groups in total. The molecule has 0 bridgehead atoms. The van der Waals surface area contributed by atoms with E-state index in [0.29, 0.717) is 41.5 Å². The number of aryl methyl sites for hydroxylation is 1. The fourth-order valence-electron chi connectivity index (χ4n) is 4.63. The number of anilines is 1. The van der Waals surface area contributed by atoms with Crippen LogP contribution in [-0.2, 0) is 14.3 Å². The number of aliphatic hydroxyl groups is 1. The van der Waals surface area contributed by atoms with Crippen molar-refractivity contribution in [1.82, 2.24) is 4.98 Å². The van der Waals surface area contributed by atoms with E-state index in [4.69, 9.17) is 14.2 Å². The number of ether oxygens (including phenoxy) is 3. The molecule has 1 atom stereocenters. The Morgan fingerprint density at radius 3 is 2.49 bits per heavy atom. The molecule has 0 saturated carbocycles. The van der Waals surface area contributed by atoms with Crippen LogP contribution < -0.4 is 14.4 Å². The quantitative estimate of drug-likeness (QED) is 0.195. The first-order valence-electron chi connectivity index (χ1n) is 12.7. The molecule has 0 radical (unpaired) electrons. The number of amides is 1. The molecular formula is C29H28N2O7S. The molecular weight excluding hydrogens is 520 g/mol. The Kier molecular flexibility index (Phi) is 7.14. The van der Waals surface area contributed by atoms with Gasteiger partial charge in [-0.15, -0.1) is 0 Å². The van der Waals surface area contributed by atoms with Gasteiger partial charge in [0.2, 0.25) is 0 Å². The van der Waals surface area contributed by atoms with E-state index in [2.05, 4.69) is 18.8 Å². The van der Waals surface area contributed by atoms with Crippen molar-refractivity contribution in [1.29, 1.82) is 0 Å². The van der Waals surface area contributed by atoms with Crippen LogP contribution in [0.1, 0.15) is 64.8 Å². The molecule has 39 heavy (non-hydrogen) atoms. The van der Waals surface area contributed by atoms with E-state index in [1.807, 2.05) is 24.3 Å². The zero-order chi connectivity index (χ0) is 27.8. The minimum atomic E-state index is -0.972. The maximum absolute atomic E-state index is 13.5. The summed E-state index contributed by atoms with van der Waals surface area (Å²) in [6, 6.07) is 11.4. The van der Waals surface area contributed by atoms with Crippen LogP contribution in [-0.4, -0.2) is 47.6 Å². The first-order chi connectivity index (χ1) is 18.7. The van der Waals surface area contributed by atoms with E-state index < -0.39 is 23.7 Å². The molecule has 0 aliphatic carbocycles. The van der Waals surface area contributed by atoms with E-state index in [1.54, 1.807) is 32.0 Å². The standard InChI is InChI=1S/C29H28N2O7S/c1-5-36-28(35)26-16(4)30-29(39-26)31-23(18-8-6-17(7-9-18)15(2)3)22(25(33)27(31)34)24(32)19-10-11-20-21(14-19)38-13-12-37-20/h6-11,14-15,23,32H,5,12-13H2,1-4H3/b24-22+/t23-/m1/s1. The number of thiazole rings is 1. The summed E-state index contributed by atoms with van der Waals surface area (Å²) < 4.78 is 16.4. The smallest absolute Gasteiger partial charge is 0.350 e. The average molecular weight is 549 g/mol. The second-order valence-electron chi connectivity index (χ2n) is 9.48. The zero-order valence-electron chi connectivity index (χ0n) is 22.0. The predicted molar refractivity (Wildman–Crippen MR) is 146 cm³/mol. The van der Waals surface area contributed by atoms with E-state index >= 15 is 0 Å². The molecule has 9 nitrogen and oxygen atoms in total. The van der Waals surface area contributed by atoms with Gasteiger partial charge in [0.05, 0.1) is 23.9 Å². The molecule has 202 valence electrons. The number of hydrogen-bond acceptors (Lipinski definition) is 9. The van der Waals surface area contributed by atoms with Gasteiger partial charge >= 0.3 is 11.9 Å². The highest BCUT2D eigenvalue weighted by molar-refractivity contribution is 7.17. The van der Waals surface area contributed by atoms with Gasteiger partial charge in [0.25, 0.3) is 5.78 Å². The maximum Gasteiger partial charge on any atom is 0.350 e.